The van der Waals surface area contributed by atoms with Crippen molar-refractivity contribution in [2.45, 2.75) is 12.8 Å². The van der Waals surface area contributed by atoms with Crippen LogP contribution in [0, 0.1) is 16.0 Å². The quantitative estimate of drug-likeness (QED) is 0.609. The topological polar surface area (TPSA) is 95.7 Å². The lowest BCUT2D eigenvalue weighted by Gasteiger charge is -2.34. The Morgan fingerprint density at radius 2 is 2.14 bits per heavy atom. The van der Waals surface area contributed by atoms with Crippen molar-refractivity contribution < 1.29 is 14.8 Å². The summed E-state index contributed by atoms with van der Waals surface area (Å²) in [4.78, 5) is 22.9. The summed E-state index contributed by atoms with van der Waals surface area (Å²) in [6, 6.07) is 6.57. The molecule has 1 saturated heterocycles. The first-order valence-corrected chi connectivity index (χ1v) is 6.98. The molecule has 1 heterocycles. The maximum absolute atomic E-state index is 10.6. The number of aliphatic carboxylic acids is 1. The predicted molar refractivity (Wildman–Crippen MR) is 78.5 cm³/mol. The van der Waals surface area contributed by atoms with Crippen LogP contribution in [0.15, 0.2) is 24.3 Å². The molecular weight excluding hydrogens is 274 g/mol. The second kappa shape index (κ2) is 7.03. The average Bonchev–Trinajstić information content (AvgIpc) is 2.47. The number of nitrogens with one attached hydrogen (secondary N) is 1. The number of carboxylic acid groups (broad SMARTS) is 1. The summed E-state index contributed by atoms with van der Waals surface area (Å²) >= 11 is 0. The van der Waals surface area contributed by atoms with Crippen LogP contribution in [-0.4, -0.2) is 42.2 Å². The third-order valence-corrected chi connectivity index (χ3v) is 3.65. The summed E-state index contributed by atoms with van der Waals surface area (Å²) in [5, 5.41) is 22.2. The van der Waals surface area contributed by atoms with Crippen LogP contribution in [0.2, 0.25) is 0 Å². The standard InChI is InChI=1S/C14H19N3O4/c18-14(19)9-15-8-11-2-1-7-16(10-11)12-3-5-13(6-4-12)17(20)21/h3-6,11,15H,1-2,7-10H2,(H,18,19). The Balaban J connectivity index is 1.90. The van der Waals surface area contributed by atoms with Crippen LogP contribution in [0.5, 0.6) is 0 Å². The minimum atomic E-state index is -0.849. The van der Waals surface area contributed by atoms with Gasteiger partial charge < -0.3 is 15.3 Å². The molecule has 0 spiro atoms. The molecule has 0 aliphatic carbocycles. The van der Waals surface area contributed by atoms with Gasteiger partial charge in [0.25, 0.3) is 5.69 Å². The number of piperidine rings is 1. The fraction of sp³-hybridized carbons (Fsp3) is 0.500. The van der Waals surface area contributed by atoms with Crippen molar-refractivity contribution in [3.05, 3.63) is 34.4 Å². The first kappa shape index (κ1) is 15.2. The highest BCUT2D eigenvalue weighted by Gasteiger charge is 2.20. The molecule has 2 N–H and O–H groups in total. The number of carbonyl (C=O) groups is 1. The lowest BCUT2D eigenvalue weighted by atomic mass is 9.97. The molecule has 1 aliphatic rings. The van der Waals surface area contributed by atoms with Gasteiger partial charge in [-0.1, -0.05) is 0 Å². The monoisotopic (exact) mass is 293 g/mol. The molecule has 7 nitrogen and oxygen atoms in total. The van der Waals surface area contributed by atoms with E-state index in [2.05, 4.69) is 10.2 Å². The maximum atomic E-state index is 10.6. The van der Waals surface area contributed by atoms with Crippen LogP contribution < -0.4 is 10.2 Å². The zero-order chi connectivity index (χ0) is 15.2. The molecule has 1 aliphatic heterocycles. The smallest absolute Gasteiger partial charge is 0.317 e. The van der Waals surface area contributed by atoms with Crippen LogP contribution >= 0.6 is 0 Å². The number of benzene rings is 1. The summed E-state index contributed by atoms with van der Waals surface area (Å²) < 4.78 is 0. The molecule has 2 rings (SSSR count). The van der Waals surface area contributed by atoms with Crippen molar-refractivity contribution in [3.63, 3.8) is 0 Å². The number of anilines is 1. The number of rotatable bonds is 6. The Labute approximate surface area is 122 Å². The van der Waals surface area contributed by atoms with Crippen LogP contribution in [0.3, 0.4) is 0 Å². The van der Waals surface area contributed by atoms with Crippen molar-refractivity contribution in [1.29, 1.82) is 0 Å². The predicted octanol–water partition coefficient (Wildman–Crippen LogP) is 1.49. The van der Waals surface area contributed by atoms with Gasteiger partial charge in [0.1, 0.15) is 0 Å². The highest BCUT2D eigenvalue weighted by Crippen LogP contribution is 2.24. The second-order valence-corrected chi connectivity index (χ2v) is 5.25. The summed E-state index contributed by atoms with van der Waals surface area (Å²) in [5.41, 5.74) is 1.07. The fourth-order valence-corrected chi connectivity index (χ4v) is 2.63. The molecule has 0 amide bonds. The highest BCUT2D eigenvalue weighted by atomic mass is 16.6. The zero-order valence-corrected chi connectivity index (χ0v) is 11.7. The van der Waals surface area contributed by atoms with Gasteiger partial charge in [0.15, 0.2) is 0 Å². The van der Waals surface area contributed by atoms with Crippen LogP contribution in [0.4, 0.5) is 11.4 Å². The molecule has 1 fully saturated rings. The van der Waals surface area contributed by atoms with E-state index in [0.717, 1.165) is 31.6 Å². The first-order valence-electron chi connectivity index (χ1n) is 6.98. The molecule has 0 bridgehead atoms. The van der Waals surface area contributed by atoms with Crippen molar-refractivity contribution in [1.82, 2.24) is 5.32 Å². The fourth-order valence-electron chi connectivity index (χ4n) is 2.63. The molecule has 0 saturated carbocycles. The van der Waals surface area contributed by atoms with E-state index in [0.29, 0.717) is 12.5 Å². The minimum Gasteiger partial charge on any atom is -0.480 e. The lowest BCUT2D eigenvalue weighted by Crippen LogP contribution is -2.40. The highest BCUT2D eigenvalue weighted by molar-refractivity contribution is 5.68. The normalized spacial score (nSPS) is 18.5. The molecule has 1 aromatic carbocycles. The number of carboxylic acids is 1. The van der Waals surface area contributed by atoms with E-state index >= 15 is 0 Å². The summed E-state index contributed by atoms with van der Waals surface area (Å²) in [7, 11) is 0. The minimum absolute atomic E-state index is 0.0198. The summed E-state index contributed by atoms with van der Waals surface area (Å²) in [6.07, 6.45) is 2.10. The van der Waals surface area contributed by atoms with Crippen molar-refractivity contribution in [2.75, 3.05) is 31.1 Å². The van der Waals surface area contributed by atoms with E-state index < -0.39 is 10.9 Å². The SMILES string of the molecule is O=C(O)CNCC1CCCN(c2ccc([N+](=O)[O-])cc2)C1. The van der Waals surface area contributed by atoms with E-state index in [4.69, 9.17) is 5.11 Å². The largest absolute Gasteiger partial charge is 0.480 e. The molecule has 0 radical (unpaired) electrons. The number of hydrogen-bond donors (Lipinski definition) is 2. The molecule has 7 heteroatoms. The van der Waals surface area contributed by atoms with Gasteiger partial charge in [-0.05, 0) is 30.9 Å². The molecule has 114 valence electrons. The van der Waals surface area contributed by atoms with Gasteiger partial charge in [-0.3, -0.25) is 14.9 Å². The molecule has 1 unspecified atom stereocenters. The van der Waals surface area contributed by atoms with Gasteiger partial charge in [-0.2, -0.15) is 0 Å². The number of non-ortho nitro benzene ring substituents is 1. The third kappa shape index (κ3) is 4.42. The van der Waals surface area contributed by atoms with E-state index in [9.17, 15) is 14.9 Å². The van der Waals surface area contributed by atoms with Crippen LogP contribution in [-0.2, 0) is 4.79 Å². The van der Waals surface area contributed by atoms with Crippen molar-refractivity contribution in [3.8, 4) is 0 Å². The Hall–Kier alpha value is -2.15. The number of nitrogens with zero attached hydrogens (tertiary/aromatic N) is 2. The summed E-state index contributed by atoms with van der Waals surface area (Å²) in [6.45, 7) is 2.42. The van der Waals surface area contributed by atoms with Gasteiger partial charge >= 0.3 is 5.97 Å². The molecular formula is C14H19N3O4. The summed E-state index contributed by atoms with van der Waals surface area (Å²) in [5.74, 6) is -0.452. The third-order valence-electron chi connectivity index (χ3n) is 3.65. The van der Waals surface area contributed by atoms with E-state index in [-0.39, 0.29) is 12.2 Å². The number of nitro benzene ring substituents is 1. The van der Waals surface area contributed by atoms with Gasteiger partial charge in [0, 0.05) is 37.5 Å². The Morgan fingerprint density at radius 1 is 1.43 bits per heavy atom. The molecule has 21 heavy (non-hydrogen) atoms. The Morgan fingerprint density at radius 3 is 2.76 bits per heavy atom. The van der Waals surface area contributed by atoms with Gasteiger partial charge in [-0.15, -0.1) is 0 Å². The van der Waals surface area contributed by atoms with E-state index in [1.54, 1.807) is 12.1 Å². The Bertz CT molecular complexity index is 503. The molecule has 1 aromatic rings. The molecule has 0 aromatic heterocycles. The van der Waals surface area contributed by atoms with Crippen molar-refractivity contribution >= 4 is 17.3 Å². The first-order chi connectivity index (χ1) is 10.1. The van der Waals surface area contributed by atoms with Gasteiger partial charge in [0.2, 0.25) is 0 Å². The lowest BCUT2D eigenvalue weighted by molar-refractivity contribution is -0.384. The number of nitro groups is 1. The molecule has 1 atom stereocenters. The van der Waals surface area contributed by atoms with E-state index in [1.807, 2.05) is 0 Å². The number of hydrogen-bond acceptors (Lipinski definition) is 5. The zero-order valence-electron chi connectivity index (χ0n) is 11.7. The van der Waals surface area contributed by atoms with Crippen molar-refractivity contribution in [2.24, 2.45) is 5.92 Å². The maximum Gasteiger partial charge on any atom is 0.317 e. The van der Waals surface area contributed by atoms with Crippen LogP contribution in [0.1, 0.15) is 12.8 Å². The second-order valence-electron chi connectivity index (χ2n) is 5.25. The van der Waals surface area contributed by atoms with E-state index in [1.165, 1.54) is 12.1 Å². The van der Waals surface area contributed by atoms with Crippen LogP contribution in [0.25, 0.3) is 0 Å². The Kier molecular flexibility index (Phi) is 5.10. The average molecular weight is 293 g/mol. The van der Waals surface area contributed by atoms with Gasteiger partial charge in [0.05, 0.1) is 11.5 Å². The van der Waals surface area contributed by atoms with Gasteiger partial charge in [-0.25, -0.2) is 0 Å².